The van der Waals surface area contributed by atoms with Crippen LogP contribution in [0.5, 0.6) is 0 Å². The summed E-state index contributed by atoms with van der Waals surface area (Å²) in [6.45, 7) is 3.77. The fraction of sp³-hybridized carbons (Fsp3) is 0.750. The quantitative estimate of drug-likeness (QED) is 0.430. The van der Waals surface area contributed by atoms with Gasteiger partial charge in [-0.25, -0.2) is 4.79 Å². The van der Waals surface area contributed by atoms with Crippen LogP contribution in [0.1, 0.15) is 30.1 Å². The monoisotopic (exact) mass is 585 g/mol. The number of Topliss-reactive ketones (excluding diaryl/α,β-unsaturated/α-hetero) is 1. The van der Waals surface area contributed by atoms with Gasteiger partial charge in [-0.2, -0.15) is 0 Å². The van der Waals surface area contributed by atoms with Crippen molar-refractivity contribution in [2.24, 2.45) is 40.4 Å². The van der Waals surface area contributed by atoms with Crippen LogP contribution in [0.25, 0.3) is 0 Å². The van der Waals surface area contributed by atoms with Crippen LogP contribution in [0.2, 0.25) is 0 Å². The molecule has 1 spiro atoms. The lowest BCUT2D eigenvalue weighted by Gasteiger charge is -2.69. The minimum Gasteiger partial charge on any atom is -0.455 e. The van der Waals surface area contributed by atoms with Crippen molar-refractivity contribution in [2.45, 2.75) is 61.9 Å². The molecule has 42 heavy (non-hydrogen) atoms. The van der Waals surface area contributed by atoms with Gasteiger partial charge >= 0.3 is 5.97 Å². The molecule has 5 aliphatic carbocycles. The van der Waals surface area contributed by atoms with E-state index in [1.54, 1.807) is 45.6 Å². The number of ether oxygens (including phenoxy) is 5. The minimum atomic E-state index is -1.70. The molecule has 14 atom stereocenters. The molecule has 1 saturated heterocycles. The molecule has 7 bridgehead atoms. The van der Waals surface area contributed by atoms with Gasteiger partial charge in [0.1, 0.15) is 17.8 Å². The van der Waals surface area contributed by atoms with Crippen molar-refractivity contribution in [3.63, 3.8) is 0 Å². The number of methoxy groups -OCH3 is 4. The fourth-order valence-corrected chi connectivity index (χ4v) is 11.7. The number of aliphatic hydroxyl groups excluding tert-OH is 1. The molecule has 0 radical (unpaired) electrons. The summed E-state index contributed by atoms with van der Waals surface area (Å²) in [5.41, 5.74) is -2.56. The lowest BCUT2D eigenvalue weighted by atomic mass is 9.43. The highest BCUT2D eigenvalue weighted by atomic mass is 16.6. The normalized spacial score (nSPS) is 50.2. The highest BCUT2D eigenvalue weighted by molar-refractivity contribution is 5.92. The van der Waals surface area contributed by atoms with Crippen LogP contribution in [0, 0.1) is 40.4 Å². The van der Waals surface area contributed by atoms with E-state index < -0.39 is 52.5 Å². The molecule has 2 N–H and O–H groups in total. The molecule has 1 aliphatic heterocycles. The lowest BCUT2D eigenvalue weighted by Crippen LogP contribution is -2.77. The Balaban J connectivity index is 1.45. The predicted octanol–water partition coefficient (Wildman–Crippen LogP) is 1.17. The van der Waals surface area contributed by atoms with E-state index in [9.17, 15) is 19.8 Å². The third kappa shape index (κ3) is 3.19. The van der Waals surface area contributed by atoms with Crippen molar-refractivity contribution in [2.75, 3.05) is 48.1 Å². The first-order valence-corrected chi connectivity index (χ1v) is 15.2. The van der Waals surface area contributed by atoms with Crippen molar-refractivity contribution in [1.29, 1.82) is 0 Å². The minimum absolute atomic E-state index is 0.0847. The topological polar surface area (TPSA) is 124 Å². The summed E-state index contributed by atoms with van der Waals surface area (Å²) in [6, 6.07) is 8.65. The number of aliphatic hydroxyl groups is 2. The van der Waals surface area contributed by atoms with E-state index in [4.69, 9.17) is 23.7 Å². The SMILES string of the molecule is CCN1C[C@]2(COC)[C@H](O)C[C@H](OC)C34C1C([C@H]1C(=O)[C@@H](OC)[C@]5(O)C[C@H]3[C@@H]1[C@H]5OC(=O)c1ccccc1)[C@H](OC)[C@@H]42. The van der Waals surface area contributed by atoms with Crippen LogP contribution in [-0.4, -0.2) is 117 Å². The molecule has 6 aliphatic rings. The van der Waals surface area contributed by atoms with Gasteiger partial charge < -0.3 is 33.9 Å². The van der Waals surface area contributed by atoms with Gasteiger partial charge in [0, 0.05) is 81.9 Å². The first-order valence-electron chi connectivity index (χ1n) is 15.2. The van der Waals surface area contributed by atoms with Crippen LogP contribution < -0.4 is 0 Å². The molecule has 7 rings (SSSR count). The number of rotatable bonds is 8. The summed E-state index contributed by atoms with van der Waals surface area (Å²) < 4.78 is 30.6. The summed E-state index contributed by atoms with van der Waals surface area (Å²) >= 11 is 0. The van der Waals surface area contributed by atoms with Gasteiger partial charge in [-0.3, -0.25) is 9.69 Å². The van der Waals surface area contributed by atoms with Crippen LogP contribution in [0.15, 0.2) is 30.3 Å². The summed E-state index contributed by atoms with van der Waals surface area (Å²) in [4.78, 5) is 30.4. The van der Waals surface area contributed by atoms with E-state index in [1.807, 2.05) is 6.07 Å². The highest BCUT2D eigenvalue weighted by Gasteiger charge is 2.87. The van der Waals surface area contributed by atoms with E-state index in [1.165, 1.54) is 7.11 Å². The molecule has 230 valence electrons. The highest BCUT2D eigenvalue weighted by Crippen LogP contribution is 2.78. The van der Waals surface area contributed by atoms with Gasteiger partial charge in [0.2, 0.25) is 0 Å². The number of likely N-dealkylation sites (tertiary alicyclic amines) is 1. The van der Waals surface area contributed by atoms with Gasteiger partial charge in [-0.15, -0.1) is 0 Å². The number of carbonyl (C=O) groups excluding carboxylic acids is 2. The summed E-state index contributed by atoms with van der Waals surface area (Å²) in [5.74, 6) is -2.42. The van der Waals surface area contributed by atoms with Crippen molar-refractivity contribution < 1.29 is 43.5 Å². The Labute approximate surface area is 246 Å². The maximum atomic E-state index is 14.5. The Morgan fingerprint density at radius 2 is 1.81 bits per heavy atom. The first-order chi connectivity index (χ1) is 20.2. The zero-order valence-corrected chi connectivity index (χ0v) is 25.0. The van der Waals surface area contributed by atoms with Gasteiger partial charge in [0.25, 0.3) is 0 Å². The first kappa shape index (κ1) is 28.8. The van der Waals surface area contributed by atoms with Crippen LogP contribution in [-0.2, 0) is 28.5 Å². The molecule has 6 fully saturated rings. The zero-order chi connectivity index (χ0) is 29.8. The average Bonchev–Trinajstić information content (AvgIpc) is 3.33. The molecular weight excluding hydrogens is 542 g/mol. The van der Waals surface area contributed by atoms with Crippen molar-refractivity contribution >= 4 is 11.8 Å². The number of fused-ring (bicyclic) bond motifs is 2. The smallest absolute Gasteiger partial charge is 0.338 e. The molecule has 0 aromatic heterocycles. The van der Waals surface area contributed by atoms with E-state index in [0.29, 0.717) is 31.7 Å². The number of hydrogen-bond donors (Lipinski definition) is 2. The number of benzene rings is 1. The number of ketones is 1. The second-order valence-corrected chi connectivity index (χ2v) is 13.5. The van der Waals surface area contributed by atoms with Crippen molar-refractivity contribution in [1.82, 2.24) is 4.90 Å². The second-order valence-electron chi connectivity index (χ2n) is 13.5. The molecule has 0 amide bonds. The largest absolute Gasteiger partial charge is 0.455 e. The molecule has 1 aromatic rings. The van der Waals surface area contributed by atoms with Crippen LogP contribution in [0.3, 0.4) is 0 Å². The van der Waals surface area contributed by atoms with Gasteiger partial charge in [0.05, 0.1) is 30.5 Å². The van der Waals surface area contributed by atoms with E-state index >= 15 is 0 Å². The molecule has 10 nitrogen and oxygen atoms in total. The summed E-state index contributed by atoms with van der Waals surface area (Å²) in [5, 5.41) is 24.4. The van der Waals surface area contributed by atoms with Gasteiger partial charge in [-0.05, 0) is 31.0 Å². The number of hydrogen-bond acceptors (Lipinski definition) is 10. The van der Waals surface area contributed by atoms with Crippen molar-refractivity contribution in [3.8, 4) is 0 Å². The number of piperidine rings is 1. The zero-order valence-electron chi connectivity index (χ0n) is 25.0. The molecular formula is C32H43NO9. The summed E-state index contributed by atoms with van der Waals surface area (Å²) in [7, 11) is 6.49. The lowest BCUT2D eigenvalue weighted by molar-refractivity contribution is -0.280. The second kappa shape index (κ2) is 9.79. The Bertz CT molecular complexity index is 1250. The Kier molecular flexibility index (Phi) is 6.72. The molecule has 3 unspecified atom stereocenters. The summed E-state index contributed by atoms with van der Waals surface area (Å²) in [6.07, 6.45) is -2.90. The maximum absolute atomic E-state index is 14.5. The molecule has 5 saturated carbocycles. The molecule has 1 heterocycles. The predicted molar refractivity (Wildman–Crippen MR) is 148 cm³/mol. The standard InChI is InChI=1S/C32H43NO9/c1-6-33-14-30(15-38-2)18(34)12-19(39-3)32-17-13-31(37)27(42-29(36)16-10-8-7-9-11-16)20(17)21(23(35)28(31)41-5)22(26(32)33)24(40-4)25(30)32/h7-11,17-22,24-28,34,37H,6,12-15H2,1-5H3/t17-,18+,19-,20-,21-,22?,24-,25+,26?,27+,28+,30-,31-,32?/m0/s1. The third-order valence-corrected chi connectivity index (χ3v) is 12.5. The number of carbonyl (C=O) groups is 2. The fourth-order valence-electron chi connectivity index (χ4n) is 11.7. The molecule has 1 aromatic carbocycles. The van der Waals surface area contributed by atoms with Crippen LogP contribution in [0.4, 0.5) is 0 Å². The maximum Gasteiger partial charge on any atom is 0.338 e. The molecule has 10 heteroatoms. The van der Waals surface area contributed by atoms with Crippen molar-refractivity contribution in [3.05, 3.63) is 35.9 Å². The van der Waals surface area contributed by atoms with Gasteiger partial charge in [-0.1, -0.05) is 25.1 Å². The average molecular weight is 586 g/mol. The van der Waals surface area contributed by atoms with Crippen LogP contribution >= 0.6 is 0 Å². The Hall–Kier alpha value is -1.92. The number of esters is 1. The third-order valence-electron chi connectivity index (χ3n) is 12.5. The van der Waals surface area contributed by atoms with E-state index in [0.717, 1.165) is 0 Å². The Morgan fingerprint density at radius 3 is 2.43 bits per heavy atom. The van der Waals surface area contributed by atoms with E-state index in [-0.39, 0.29) is 48.2 Å². The Morgan fingerprint density at radius 1 is 1.07 bits per heavy atom. The van der Waals surface area contributed by atoms with Gasteiger partial charge in [0.15, 0.2) is 5.78 Å². The van der Waals surface area contributed by atoms with E-state index in [2.05, 4.69) is 11.8 Å². The number of nitrogens with zero attached hydrogens (tertiary/aromatic N) is 1.